The van der Waals surface area contributed by atoms with E-state index in [0.29, 0.717) is 13.0 Å². The molecule has 1 fully saturated rings. The average Bonchev–Trinajstić information content (AvgIpc) is 3.38. The molecule has 3 atom stereocenters. The second-order valence-electron chi connectivity index (χ2n) is 6.91. The molecule has 2 N–H and O–H groups in total. The molecular weight excluding hydrogens is 362 g/mol. The molecule has 134 valence electrons. The Bertz CT molecular complexity index is 846. The number of likely N-dealkylation sites (tertiary alicyclic amines) is 1. The van der Waals surface area contributed by atoms with Crippen LogP contribution in [0.1, 0.15) is 26.5 Å². The molecule has 3 aromatic rings. The van der Waals surface area contributed by atoms with Gasteiger partial charge in [-0.05, 0) is 22.9 Å². The van der Waals surface area contributed by atoms with Crippen molar-refractivity contribution in [1.82, 2.24) is 0 Å². The molecule has 3 nitrogen and oxygen atoms in total. The van der Waals surface area contributed by atoms with Crippen LogP contribution in [-0.4, -0.2) is 24.0 Å². The largest absolute Gasteiger partial charge is 0.383 e. The third-order valence-electron chi connectivity index (χ3n) is 5.25. The van der Waals surface area contributed by atoms with Crippen LogP contribution < -0.4 is 4.90 Å². The van der Waals surface area contributed by atoms with Crippen molar-refractivity contribution >= 4 is 28.5 Å². The minimum absolute atomic E-state index is 0.0705. The molecule has 1 aromatic carbocycles. The lowest BCUT2D eigenvalue weighted by Gasteiger charge is -2.41. The molecule has 26 heavy (non-hydrogen) atoms. The number of benzene rings is 1. The highest BCUT2D eigenvalue weighted by atomic mass is 32.1. The lowest BCUT2D eigenvalue weighted by molar-refractivity contribution is -0.924. The highest BCUT2D eigenvalue weighted by molar-refractivity contribution is 7.12. The number of carbonyl (C=O) groups is 1. The number of rotatable bonds is 5. The third kappa shape index (κ3) is 3.40. The van der Waals surface area contributed by atoms with Crippen LogP contribution in [0, 0.1) is 5.92 Å². The fourth-order valence-corrected chi connectivity index (χ4v) is 5.49. The van der Waals surface area contributed by atoms with Crippen molar-refractivity contribution in [3.8, 4) is 0 Å². The van der Waals surface area contributed by atoms with Crippen LogP contribution in [-0.2, 0) is 12.1 Å². The van der Waals surface area contributed by atoms with E-state index < -0.39 is 11.5 Å². The number of hydrogen-bond acceptors (Lipinski definition) is 4. The summed E-state index contributed by atoms with van der Waals surface area (Å²) in [6.45, 7) is 2.40. The topological polar surface area (TPSA) is 41.7 Å². The first kappa shape index (κ1) is 17.6. The van der Waals surface area contributed by atoms with Crippen LogP contribution in [0.15, 0.2) is 65.4 Å². The van der Waals surface area contributed by atoms with Crippen molar-refractivity contribution in [2.24, 2.45) is 5.92 Å². The van der Waals surface area contributed by atoms with Gasteiger partial charge >= 0.3 is 0 Å². The Morgan fingerprint density at radius 1 is 1.08 bits per heavy atom. The number of quaternary nitrogens is 1. The molecular formula is C21H22NO2S2+. The van der Waals surface area contributed by atoms with Crippen LogP contribution >= 0.6 is 22.7 Å². The van der Waals surface area contributed by atoms with Gasteiger partial charge < -0.3 is 10.0 Å². The SMILES string of the molecule is O=C(c1cccs1)[C@@H]1C[NH+](Cc2ccccc2)CC[C@]1(O)c1cccs1. The van der Waals surface area contributed by atoms with E-state index in [1.807, 2.05) is 41.1 Å². The first-order valence-corrected chi connectivity index (χ1v) is 10.6. The van der Waals surface area contributed by atoms with Crippen molar-refractivity contribution in [1.29, 1.82) is 0 Å². The number of aliphatic hydroxyl groups is 1. The van der Waals surface area contributed by atoms with Gasteiger partial charge in [-0.15, -0.1) is 22.7 Å². The summed E-state index contributed by atoms with van der Waals surface area (Å²) in [4.78, 5) is 16.2. The van der Waals surface area contributed by atoms with Crippen molar-refractivity contribution in [2.45, 2.75) is 18.6 Å². The lowest BCUT2D eigenvalue weighted by atomic mass is 9.76. The molecule has 1 aliphatic heterocycles. The summed E-state index contributed by atoms with van der Waals surface area (Å²) in [5, 5.41) is 15.4. The van der Waals surface area contributed by atoms with Gasteiger partial charge in [0.15, 0.2) is 5.78 Å². The Morgan fingerprint density at radius 2 is 1.85 bits per heavy atom. The monoisotopic (exact) mass is 384 g/mol. The van der Waals surface area contributed by atoms with Crippen molar-refractivity contribution in [3.05, 3.63) is 80.7 Å². The summed E-state index contributed by atoms with van der Waals surface area (Å²) in [7, 11) is 0. The van der Waals surface area contributed by atoms with E-state index in [2.05, 4.69) is 24.3 Å². The summed E-state index contributed by atoms with van der Waals surface area (Å²) in [5.41, 5.74) is 0.210. The quantitative estimate of drug-likeness (QED) is 0.664. The third-order valence-corrected chi connectivity index (χ3v) is 7.18. The first-order chi connectivity index (χ1) is 12.7. The summed E-state index contributed by atoms with van der Waals surface area (Å²) in [6.07, 6.45) is 0.609. The summed E-state index contributed by atoms with van der Waals surface area (Å²) < 4.78 is 0. The van der Waals surface area contributed by atoms with Gasteiger partial charge in [0.25, 0.3) is 0 Å². The van der Waals surface area contributed by atoms with E-state index in [1.165, 1.54) is 21.8 Å². The van der Waals surface area contributed by atoms with E-state index in [0.717, 1.165) is 22.8 Å². The number of Topliss-reactive ketones (excluding diaryl/α,β-unsaturated/α-hetero) is 1. The zero-order valence-corrected chi connectivity index (χ0v) is 16.1. The molecule has 0 saturated carbocycles. The molecule has 1 unspecified atom stereocenters. The Hall–Kier alpha value is -1.79. The Balaban J connectivity index is 1.62. The summed E-state index contributed by atoms with van der Waals surface area (Å²) in [6, 6.07) is 18.1. The maximum Gasteiger partial charge on any atom is 0.184 e. The van der Waals surface area contributed by atoms with Gasteiger partial charge in [-0.25, -0.2) is 0 Å². The van der Waals surface area contributed by atoms with Crippen molar-refractivity contribution in [2.75, 3.05) is 13.1 Å². The minimum Gasteiger partial charge on any atom is -0.383 e. The fourth-order valence-electron chi connectivity index (χ4n) is 3.87. The molecule has 0 spiro atoms. The molecule has 2 aromatic heterocycles. The Labute approximate surface area is 161 Å². The van der Waals surface area contributed by atoms with Gasteiger partial charge in [0.05, 0.1) is 18.0 Å². The molecule has 0 aliphatic carbocycles. The maximum atomic E-state index is 13.2. The normalized spacial score (nSPS) is 25.9. The molecule has 0 amide bonds. The molecule has 5 heteroatoms. The van der Waals surface area contributed by atoms with Gasteiger partial charge in [-0.2, -0.15) is 0 Å². The Kier molecular flexibility index (Phi) is 5.05. The fraction of sp³-hybridized carbons (Fsp3) is 0.286. The summed E-state index contributed by atoms with van der Waals surface area (Å²) >= 11 is 3.01. The molecule has 1 aliphatic rings. The van der Waals surface area contributed by atoms with Crippen LogP contribution in [0.4, 0.5) is 0 Å². The predicted octanol–water partition coefficient (Wildman–Crippen LogP) is 2.99. The predicted molar refractivity (Wildman–Crippen MR) is 106 cm³/mol. The van der Waals surface area contributed by atoms with Gasteiger partial charge in [0.1, 0.15) is 18.1 Å². The number of carbonyl (C=O) groups excluding carboxylic acids is 1. The van der Waals surface area contributed by atoms with E-state index >= 15 is 0 Å². The molecule has 0 radical (unpaired) electrons. The number of nitrogens with one attached hydrogen (secondary N) is 1. The van der Waals surface area contributed by atoms with Crippen LogP contribution in [0.2, 0.25) is 0 Å². The number of hydrogen-bond donors (Lipinski definition) is 2. The number of thiophene rings is 2. The minimum atomic E-state index is -1.06. The molecule has 0 bridgehead atoms. The van der Waals surface area contributed by atoms with Crippen LogP contribution in [0.25, 0.3) is 0 Å². The van der Waals surface area contributed by atoms with Crippen molar-refractivity contribution < 1.29 is 14.8 Å². The standard InChI is InChI=1S/C21H21NO2S2/c23-20(18-8-4-12-25-18)17-15-22(14-16-6-2-1-3-7-16)11-10-21(17,24)19-9-5-13-26-19/h1-9,12-13,17,24H,10-11,14-15H2/p+1/t17-,21+/m0/s1. The Morgan fingerprint density at radius 3 is 2.54 bits per heavy atom. The number of piperidine rings is 1. The highest BCUT2D eigenvalue weighted by Crippen LogP contribution is 2.39. The molecule has 1 saturated heterocycles. The van der Waals surface area contributed by atoms with E-state index in [4.69, 9.17) is 0 Å². The van der Waals surface area contributed by atoms with Gasteiger partial charge in [-0.1, -0.05) is 42.5 Å². The van der Waals surface area contributed by atoms with Crippen LogP contribution in [0.3, 0.4) is 0 Å². The second kappa shape index (κ2) is 7.45. The van der Waals surface area contributed by atoms with E-state index in [-0.39, 0.29) is 5.78 Å². The van der Waals surface area contributed by atoms with E-state index in [9.17, 15) is 9.90 Å². The van der Waals surface area contributed by atoms with Gasteiger partial charge in [-0.3, -0.25) is 4.79 Å². The second-order valence-corrected chi connectivity index (χ2v) is 8.81. The van der Waals surface area contributed by atoms with Crippen LogP contribution in [0.5, 0.6) is 0 Å². The van der Waals surface area contributed by atoms with Gasteiger partial charge in [0, 0.05) is 16.9 Å². The lowest BCUT2D eigenvalue weighted by Crippen LogP contribution is -3.13. The zero-order valence-electron chi connectivity index (χ0n) is 14.4. The summed E-state index contributed by atoms with van der Waals surface area (Å²) in [5.74, 6) is -0.339. The van der Waals surface area contributed by atoms with E-state index in [1.54, 1.807) is 11.3 Å². The molecule has 3 heterocycles. The van der Waals surface area contributed by atoms with Crippen molar-refractivity contribution in [3.63, 3.8) is 0 Å². The van der Waals surface area contributed by atoms with Gasteiger partial charge in [0.2, 0.25) is 0 Å². The highest BCUT2D eigenvalue weighted by Gasteiger charge is 2.49. The maximum absolute atomic E-state index is 13.2. The average molecular weight is 385 g/mol. The number of ketones is 1. The zero-order chi connectivity index (χ0) is 18.0. The first-order valence-electron chi connectivity index (χ1n) is 8.88. The molecule has 4 rings (SSSR count). The smallest absolute Gasteiger partial charge is 0.184 e.